The number of rotatable bonds is 10. The molecule has 0 spiro atoms. The summed E-state index contributed by atoms with van der Waals surface area (Å²) in [4.78, 5) is 12.3. The molecule has 2 aromatic heterocycles. The van der Waals surface area contributed by atoms with E-state index in [-0.39, 0.29) is 53.4 Å². The molecule has 6 rings (SSSR count). The number of alkyl halides is 3. The van der Waals surface area contributed by atoms with Crippen molar-refractivity contribution in [2.45, 2.75) is 50.2 Å². The second-order valence-electron chi connectivity index (χ2n) is 10.7. The molecule has 1 aliphatic carbocycles. The number of hydrogen-bond donors (Lipinski definition) is 1. The van der Waals surface area contributed by atoms with Crippen molar-refractivity contribution in [2.75, 3.05) is 0 Å². The van der Waals surface area contributed by atoms with Gasteiger partial charge in [-0.05, 0) is 59.7 Å². The van der Waals surface area contributed by atoms with Crippen LogP contribution < -0.4 is 0 Å². The number of aromatic nitrogens is 2. The monoisotopic (exact) mass is 669 g/mol. The number of halogens is 3. The highest BCUT2D eigenvalue weighted by Gasteiger charge is 2.37. The maximum atomic E-state index is 13.8. The third-order valence-electron chi connectivity index (χ3n) is 7.52. The standard InChI is InChI=1S/C32H28F3N3O3S2.CH2O2/c33-32(34,35)29-26(18-22-8-3-1-4-9-22)19-28(42-29)30-36-31(41-37-30)25-16-14-23(15-17-25)20-38(27-12-7-13-27)43(39,40)21-24-10-5-2-6-11-24;2-1-3/h1-6,8-11,14-17,19,27H,7,12-13,18,20-21H2;1H,(H,2,3). The lowest BCUT2D eigenvalue weighted by Crippen LogP contribution is -2.44. The summed E-state index contributed by atoms with van der Waals surface area (Å²) in [6.45, 7) is -0.00516. The SMILES string of the molecule is O=CO.O=S(=O)(Cc1ccccc1)N(Cc1ccc(-c2nc(-c3cc(Cc4ccccc4)c(C(F)(F)F)s3)no2)cc1)C1CCC1. The molecule has 1 aliphatic rings. The van der Waals surface area contributed by atoms with Crippen LogP contribution in [-0.4, -0.2) is 40.5 Å². The fourth-order valence-corrected chi connectivity index (χ4v) is 7.86. The van der Waals surface area contributed by atoms with Crippen molar-refractivity contribution in [1.29, 1.82) is 0 Å². The van der Waals surface area contributed by atoms with E-state index in [1.807, 2.05) is 48.5 Å². The average molecular weight is 670 g/mol. The quantitative estimate of drug-likeness (QED) is 0.152. The van der Waals surface area contributed by atoms with Gasteiger partial charge >= 0.3 is 6.18 Å². The molecular weight excluding hydrogens is 640 g/mol. The molecule has 0 saturated heterocycles. The fourth-order valence-electron chi connectivity index (χ4n) is 5.10. The van der Waals surface area contributed by atoms with Gasteiger partial charge in [-0.1, -0.05) is 84.4 Å². The van der Waals surface area contributed by atoms with Crippen LogP contribution in [0.2, 0.25) is 0 Å². The molecule has 46 heavy (non-hydrogen) atoms. The zero-order valence-electron chi connectivity index (χ0n) is 24.4. The minimum Gasteiger partial charge on any atom is -0.483 e. The normalized spacial score (nSPS) is 13.6. The van der Waals surface area contributed by atoms with E-state index in [1.54, 1.807) is 40.7 Å². The molecule has 240 valence electrons. The molecule has 13 heteroatoms. The number of carboxylic acid groups (broad SMARTS) is 1. The molecule has 0 unspecified atom stereocenters. The van der Waals surface area contributed by atoms with Gasteiger partial charge in [0.2, 0.25) is 15.8 Å². The van der Waals surface area contributed by atoms with Gasteiger partial charge in [-0.15, -0.1) is 11.3 Å². The molecule has 2 heterocycles. The van der Waals surface area contributed by atoms with Crippen molar-refractivity contribution in [3.63, 3.8) is 0 Å². The number of carbonyl (C=O) groups is 1. The van der Waals surface area contributed by atoms with Crippen LogP contribution in [0.25, 0.3) is 22.2 Å². The zero-order valence-corrected chi connectivity index (χ0v) is 26.1. The Bertz CT molecular complexity index is 1840. The Morgan fingerprint density at radius 1 is 0.935 bits per heavy atom. The number of sulfonamides is 1. The second kappa shape index (κ2) is 14.4. The first-order chi connectivity index (χ1) is 22.1. The average Bonchev–Trinajstić information content (AvgIpc) is 3.66. The Hall–Kier alpha value is -4.33. The molecule has 1 N–H and O–H groups in total. The summed E-state index contributed by atoms with van der Waals surface area (Å²) < 4.78 is 75.3. The van der Waals surface area contributed by atoms with Crippen LogP contribution in [0.4, 0.5) is 13.2 Å². The van der Waals surface area contributed by atoms with E-state index >= 15 is 0 Å². The largest absolute Gasteiger partial charge is 0.483 e. The number of hydrogen-bond acceptors (Lipinski definition) is 7. The Morgan fingerprint density at radius 3 is 2.11 bits per heavy atom. The van der Waals surface area contributed by atoms with E-state index in [2.05, 4.69) is 10.1 Å². The van der Waals surface area contributed by atoms with Gasteiger partial charge in [0.05, 0.1) is 10.6 Å². The smallest absolute Gasteiger partial charge is 0.425 e. The van der Waals surface area contributed by atoms with Crippen molar-refractivity contribution in [2.24, 2.45) is 0 Å². The van der Waals surface area contributed by atoms with Crippen LogP contribution in [0, 0.1) is 0 Å². The topological polar surface area (TPSA) is 114 Å². The highest BCUT2D eigenvalue weighted by atomic mass is 32.2. The first-order valence-corrected chi connectivity index (χ1v) is 16.8. The van der Waals surface area contributed by atoms with Gasteiger partial charge in [0.15, 0.2) is 0 Å². The van der Waals surface area contributed by atoms with Crippen molar-refractivity contribution in [3.05, 3.63) is 118 Å². The van der Waals surface area contributed by atoms with Crippen LogP contribution in [0.1, 0.15) is 46.4 Å². The summed E-state index contributed by atoms with van der Waals surface area (Å²) in [6, 6.07) is 26.7. The van der Waals surface area contributed by atoms with E-state index in [0.29, 0.717) is 16.9 Å². The number of nitrogens with zero attached hydrogens (tertiary/aromatic N) is 3. The molecule has 0 aliphatic heterocycles. The van der Waals surface area contributed by atoms with Crippen LogP contribution in [0.5, 0.6) is 0 Å². The van der Waals surface area contributed by atoms with E-state index in [9.17, 15) is 21.6 Å². The first-order valence-electron chi connectivity index (χ1n) is 14.4. The van der Waals surface area contributed by atoms with Crippen molar-refractivity contribution < 1.29 is 36.0 Å². The molecule has 1 saturated carbocycles. The Morgan fingerprint density at radius 2 is 1.54 bits per heavy atom. The molecule has 1 fully saturated rings. The molecule has 0 atom stereocenters. The van der Waals surface area contributed by atoms with Gasteiger partial charge in [-0.25, -0.2) is 8.42 Å². The van der Waals surface area contributed by atoms with Gasteiger partial charge in [0, 0.05) is 18.2 Å². The maximum Gasteiger partial charge on any atom is 0.425 e. The molecule has 0 bridgehead atoms. The van der Waals surface area contributed by atoms with Crippen LogP contribution in [-0.2, 0) is 39.7 Å². The summed E-state index contributed by atoms with van der Waals surface area (Å²) >= 11 is 0.597. The van der Waals surface area contributed by atoms with Gasteiger partial charge in [0.25, 0.3) is 12.4 Å². The molecule has 5 aromatic rings. The molecule has 0 amide bonds. The lowest BCUT2D eigenvalue weighted by molar-refractivity contribution is -0.134. The third-order valence-corrected chi connectivity index (χ3v) is 10.6. The summed E-state index contributed by atoms with van der Waals surface area (Å²) in [5, 5.41) is 10.8. The number of benzene rings is 3. The van der Waals surface area contributed by atoms with Gasteiger partial charge in [-0.3, -0.25) is 4.79 Å². The van der Waals surface area contributed by atoms with Crippen LogP contribution >= 0.6 is 11.3 Å². The first kappa shape index (κ1) is 33.0. The Kier molecular flexibility index (Phi) is 10.3. The molecule has 8 nitrogen and oxygen atoms in total. The van der Waals surface area contributed by atoms with Gasteiger partial charge in [-0.2, -0.15) is 22.5 Å². The van der Waals surface area contributed by atoms with E-state index < -0.39 is 21.1 Å². The van der Waals surface area contributed by atoms with Crippen molar-refractivity contribution in [1.82, 2.24) is 14.4 Å². The molecule has 3 aromatic carbocycles. The molecule has 0 radical (unpaired) electrons. The zero-order chi connectivity index (χ0) is 32.7. The van der Waals surface area contributed by atoms with Gasteiger partial charge < -0.3 is 9.63 Å². The minimum atomic E-state index is -4.50. The predicted octanol–water partition coefficient (Wildman–Crippen LogP) is 7.66. The molecular formula is C33H30F3N3O5S2. The number of thiophene rings is 1. The van der Waals surface area contributed by atoms with Crippen molar-refractivity contribution >= 4 is 27.8 Å². The van der Waals surface area contributed by atoms with Crippen LogP contribution in [0.15, 0.2) is 95.5 Å². The summed E-state index contributed by atoms with van der Waals surface area (Å²) in [5.74, 6) is 0.191. The van der Waals surface area contributed by atoms with Crippen molar-refractivity contribution in [3.8, 4) is 22.2 Å². The van der Waals surface area contributed by atoms with E-state index in [1.165, 1.54) is 6.07 Å². The summed E-state index contributed by atoms with van der Waals surface area (Å²) in [6.07, 6.45) is -1.69. The lowest BCUT2D eigenvalue weighted by Gasteiger charge is -2.36. The highest BCUT2D eigenvalue weighted by Crippen LogP contribution is 2.42. The third kappa shape index (κ3) is 8.08. The highest BCUT2D eigenvalue weighted by molar-refractivity contribution is 7.88. The second-order valence-corrected chi connectivity index (χ2v) is 13.7. The van der Waals surface area contributed by atoms with Gasteiger partial charge in [0.1, 0.15) is 4.88 Å². The fraction of sp³-hybridized carbons (Fsp3) is 0.242. The Balaban J connectivity index is 0.00000134. The summed E-state index contributed by atoms with van der Waals surface area (Å²) in [7, 11) is -3.54. The van der Waals surface area contributed by atoms with Crippen LogP contribution in [0.3, 0.4) is 0 Å². The van der Waals surface area contributed by atoms with E-state index in [4.69, 9.17) is 14.4 Å². The maximum absolute atomic E-state index is 13.8. The predicted molar refractivity (Wildman–Crippen MR) is 168 cm³/mol. The minimum absolute atomic E-state index is 0.0222. The lowest BCUT2D eigenvalue weighted by atomic mass is 9.93. The Labute approximate surface area is 268 Å². The summed E-state index contributed by atoms with van der Waals surface area (Å²) in [5.41, 5.74) is 3.07. The van der Waals surface area contributed by atoms with E-state index in [0.717, 1.165) is 36.0 Å².